The van der Waals surface area contributed by atoms with Crippen LogP contribution in [0.1, 0.15) is 53.4 Å². The lowest BCUT2D eigenvalue weighted by Crippen LogP contribution is -2.60. The number of rotatable bonds is 12. The monoisotopic (exact) mass is 492 g/mol. The van der Waals surface area contributed by atoms with Gasteiger partial charge in [-0.3, -0.25) is 14.4 Å². The summed E-state index contributed by atoms with van der Waals surface area (Å²) in [6.45, 7) is 15.9. The molecule has 1 N–H and O–H groups in total. The van der Waals surface area contributed by atoms with Crippen LogP contribution in [0.4, 0.5) is 0 Å². The lowest BCUT2D eigenvalue weighted by Gasteiger charge is -2.42. The summed E-state index contributed by atoms with van der Waals surface area (Å²) in [6.07, 6.45) is 6.50. The van der Waals surface area contributed by atoms with Gasteiger partial charge in [0.05, 0.1) is 35.8 Å². The average molecular weight is 493 g/mol. The molecule has 0 aromatic rings. The zero-order valence-corrected chi connectivity index (χ0v) is 21.8. The zero-order valence-electron chi connectivity index (χ0n) is 20.9. The number of amides is 2. The molecule has 3 saturated heterocycles. The van der Waals surface area contributed by atoms with Crippen LogP contribution in [0, 0.1) is 17.8 Å². The lowest BCUT2D eigenvalue weighted by atomic mass is 9.66. The van der Waals surface area contributed by atoms with Gasteiger partial charge in [0.15, 0.2) is 0 Å². The van der Waals surface area contributed by atoms with E-state index in [2.05, 4.69) is 27.0 Å². The van der Waals surface area contributed by atoms with E-state index >= 15 is 0 Å². The van der Waals surface area contributed by atoms with Crippen molar-refractivity contribution >= 4 is 29.5 Å². The number of hydrogen-bond acceptors (Lipinski definition) is 6. The predicted molar refractivity (Wildman–Crippen MR) is 134 cm³/mol. The highest BCUT2D eigenvalue weighted by Gasteiger charge is 2.77. The molecule has 1 spiro atoms. The van der Waals surface area contributed by atoms with Crippen LogP contribution in [0.25, 0.3) is 0 Å². The lowest BCUT2D eigenvalue weighted by molar-refractivity contribution is -0.154. The molecule has 0 aromatic carbocycles. The molecule has 3 fully saturated rings. The van der Waals surface area contributed by atoms with Crippen LogP contribution in [-0.2, 0) is 19.1 Å². The molecule has 3 aliphatic rings. The highest BCUT2D eigenvalue weighted by molar-refractivity contribution is 8.02. The first-order valence-corrected chi connectivity index (χ1v) is 13.4. The van der Waals surface area contributed by atoms with Gasteiger partial charge in [0.2, 0.25) is 11.8 Å². The van der Waals surface area contributed by atoms with E-state index in [9.17, 15) is 19.5 Å². The minimum absolute atomic E-state index is 0.00842. The second-order valence-corrected chi connectivity index (χ2v) is 11.5. The van der Waals surface area contributed by atoms with Crippen molar-refractivity contribution in [3.05, 3.63) is 25.3 Å². The Bertz CT molecular complexity index is 819. The number of hydrogen-bond donors (Lipinski definition) is 1. The van der Waals surface area contributed by atoms with E-state index in [1.165, 1.54) is 0 Å². The molecule has 8 heteroatoms. The minimum atomic E-state index is -0.734. The SMILES string of the molecule is C=CCCOC(=O)[C@@H]1[C@@H]2CC(C)C3(S2)C(C(=O)N(CC=C)C(C)CCC)N([C@H](C)CO)C(=O)[C@H]13. The topological polar surface area (TPSA) is 87.2 Å². The molecule has 4 unspecified atom stereocenters. The summed E-state index contributed by atoms with van der Waals surface area (Å²) in [7, 11) is 0. The number of fused-ring (bicyclic) bond motifs is 1. The number of likely N-dealkylation sites (tertiary alicyclic amines) is 1. The van der Waals surface area contributed by atoms with Gasteiger partial charge in [0.25, 0.3) is 0 Å². The van der Waals surface area contributed by atoms with Gasteiger partial charge in [0.1, 0.15) is 6.04 Å². The van der Waals surface area contributed by atoms with Crippen LogP contribution < -0.4 is 0 Å². The third-order valence-electron chi connectivity index (χ3n) is 7.84. The van der Waals surface area contributed by atoms with Gasteiger partial charge in [-0.25, -0.2) is 0 Å². The molecule has 0 aromatic heterocycles. The third-order valence-corrected chi connectivity index (χ3v) is 9.92. The molecule has 0 radical (unpaired) electrons. The van der Waals surface area contributed by atoms with Gasteiger partial charge in [-0.2, -0.15) is 0 Å². The van der Waals surface area contributed by atoms with Crippen molar-refractivity contribution in [3.8, 4) is 0 Å². The van der Waals surface area contributed by atoms with Crippen LogP contribution in [0.2, 0.25) is 0 Å². The van der Waals surface area contributed by atoms with Crippen molar-refractivity contribution < 1.29 is 24.2 Å². The summed E-state index contributed by atoms with van der Waals surface area (Å²) in [5.41, 5.74) is 0. The molecule has 7 nitrogen and oxygen atoms in total. The maximum Gasteiger partial charge on any atom is 0.310 e. The molecule has 3 rings (SSSR count). The largest absolute Gasteiger partial charge is 0.465 e. The molecule has 2 amide bonds. The number of aliphatic hydroxyl groups excluding tert-OH is 1. The second-order valence-electron chi connectivity index (χ2n) is 9.99. The number of ether oxygens (including phenoxy) is 1. The first kappa shape index (κ1) is 26.8. The number of esters is 1. The molecule has 34 heavy (non-hydrogen) atoms. The van der Waals surface area contributed by atoms with E-state index in [-0.39, 0.29) is 48.2 Å². The van der Waals surface area contributed by atoms with E-state index in [0.29, 0.717) is 13.0 Å². The van der Waals surface area contributed by atoms with Gasteiger partial charge >= 0.3 is 5.97 Å². The fraction of sp³-hybridized carbons (Fsp3) is 0.731. The van der Waals surface area contributed by atoms with Gasteiger partial charge < -0.3 is 19.6 Å². The molecule has 2 bridgehead atoms. The smallest absolute Gasteiger partial charge is 0.310 e. The summed E-state index contributed by atoms with van der Waals surface area (Å²) in [5, 5.41) is 9.97. The Balaban J connectivity index is 2.05. The maximum atomic E-state index is 14.2. The molecular formula is C26H40N2O5S. The summed E-state index contributed by atoms with van der Waals surface area (Å²) < 4.78 is 4.82. The van der Waals surface area contributed by atoms with Gasteiger partial charge in [-0.1, -0.05) is 32.4 Å². The van der Waals surface area contributed by atoms with E-state index in [1.807, 2.05) is 11.8 Å². The third kappa shape index (κ3) is 4.21. The fourth-order valence-corrected chi connectivity index (χ4v) is 8.66. The van der Waals surface area contributed by atoms with E-state index in [4.69, 9.17) is 4.74 Å². The molecule has 190 valence electrons. The first-order valence-electron chi connectivity index (χ1n) is 12.5. The predicted octanol–water partition coefficient (Wildman–Crippen LogP) is 3.03. The number of nitrogens with zero attached hydrogens (tertiary/aromatic N) is 2. The normalized spacial score (nSPS) is 33.4. The standard InChI is InChI=1S/C26H40N2O5S/c1-7-10-13-33-25(32)20-19-14-16(4)26(34-19)21(20)23(30)28(18(6)15-29)22(26)24(31)27(12-9-3)17(5)11-8-2/h7,9,16-22,29H,1,3,8,10-15H2,2,4-6H3/t16?,17?,18-,19+,20-,21+,22?,26?/m1/s1. The molecular weight excluding hydrogens is 452 g/mol. The molecule has 0 saturated carbocycles. The number of thioether (sulfide) groups is 1. The highest BCUT2D eigenvalue weighted by Crippen LogP contribution is 2.69. The van der Waals surface area contributed by atoms with Crippen LogP contribution in [0.5, 0.6) is 0 Å². The number of carbonyl (C=O) groups is 3. The zero-order chi connectivity index (χ0) is 25.2. The highest BCUT2D eigenvalue weighted by atomic mass is 32.2. The van der Waals surface area contributed by atoms with Crippen molar-refractivity contribution in [2.45, 2.75) is 81.5 Å². The second kappa shape index (κ2) is 10.9. The molecule has 8 atom stereocenters. The van der Waals surface area contributed by atoms with E-state index < -0.39 is 28.7 Å². The summed E-state index contributed by atoms with van der Waals surface area (Å²) in [5.74, 6) is -1.82. The Hall–Kier alpha value is -1.80. The minimum Gasteiger partial charge on any atom is -0.465 e. The number of aliphatic hydroxyl groups is 1. The Morgan fingerprint density at radius 1 is 1.35 bits per heavy atom. The van der Waals surface area contributed by atoms with Crippen molar-refractivity contribution in [2.75, 3.05) is 19.8 Å². The summed E-state index contributed by atoms with van der Waals surface area (Å²) >= 11 is 1.63. The van der Waals surface area contributed by atoms with Gasteiger partial charge in [-0.15, -0.1) is 24.9 Å². The van der Waals surface area contributed by atoms with Gasteiger partial charge in [0, 0.05) is 17.8 Å². The van der Waals surface area contributed by atoms with Gasteiger partial charge in [-0.05, 0) is 39.0 Å². The van der Waals surface area contributed by atoms with Crippen molar-refractivity contribution in [3.63, 3.8) is 0 Å². The van der Waals surface area contributed by atoms with Crippen LogP contribution in [-0.4, -0.2) is 80.6 Å². The summed E-state index contributed by atoms with van der Waals surface area (Å²) in [4.78, 5) is 44.7. The summed E-state index contributed by atoms with van der Waals surface area (Å²) in [6, 6.07) is -1.27. The quantitative estimate of drug-likeness (QED) is 0.256. The van der Waals surface area contributed by atoms with Crippen molar-refractivity contribution in [2.24, 2.45) is 17.8 Å². The van der Waals surface area contributed by atoms with Crippen LogP contribution >= 0.6 is 11.8 Å². The molecule has 3 aliphatic heterocycles. The Labute approximate surface area is 208 Å². The first-order chi connectivity index (χ1) is 16.2. The van der Waals surface area contributed by atoms with Crippen molar-refractivity contribution in [1.29, 1.82) is 0 Å². The molecule has 0 aliphatic carbocycles. The number of carbonyl (C=O) groups excluding carboxylic acids is 3. The van der Waals surface area contributed by atoms with Crippen LogP contribution in [0.15, 0.2) is 25.3 Å². The Kier molecular flexibility index (Phi) is 8.56. The van der Waals surface area contributed by atoms with Crippen molar-refractivity contribution in [1.82, 2.24) is 9.80 Å². The van der Waals surface area contributed by atoms with E-state index in [0.717, 1.165) is 19.3 Å². The van der Waals surface area contributed by atoms with Crippen LogP contribution in [0.3, 0.4) is 0 Å². The Morgan fingerprint density at radius 2 is 2.06 bits per heavy atom. The fourth-order valence-electron chi connectivity index (χ4n) is 6.27. The average Bonchev–Trinajstić information content (AvgIpc) is 3.40. The Morgan fingerprint density at radius 3 is 2.65 bits per heavy atom. The maximum absolute atomic E-state index is 14.2. The van der Waals surface area contributed by atoms with E-state index in [1.54, 1.807) is 35.7 Å². The molecule has 3 heterocycles.